The third kappa shape index (κ3) is 4.00. The maximum atomic E-state index is 6.18. The van der Waals surface area contributed by atoms with Crippen molar-refractivity contribution in [3.8, 4) is 11.4 Å². The number of hydrogen-bond donors (Lipinski definition) is 0. The van der Waals surface area contributed by atoms with Crippen LogP contribution in [0.2, 0.25) is 5.02 Å². The number of ether oxygens (including phenoxy) is 2. The highest BCUT2D eigenvalue weighted by Crippen LogP contribution is 2.27. The highest BCUT2D eigenvalue weighted by molar-refractivity contribution is 6.30. The molecule has 3 aromatic rings. The Morgan fingerprint density at radius 1 is 1.19 bits per heavy atom. The fourth-order valence-corrected chi connectivity index (χ4v) is 2.70. The lowest BCUT2D eigenvalue weighted by molar-refractivity contribution is 0.200. The van der Waals surface area contributed by atoms with Crippen molar-refractivity contribution < 1.29 is 9.47 Å². The van der Waals surface area contributed by atoms with E-state index in [1.54, 1.807) is 35.7 Å². The molecule has 26 heavy (non-hydrogen) atoms. The van der Waals surface area contributed by atoms with Crippen molar-refractivity contribution in [2.45, 2.75) is 26.3 Å². The van der Waals surface area contributed by atoms with Crippen molar-refractivity contribution >= 4 is 11.6 Å². The summed E-state index contributed by atoms with van der Waals surface area (Å²) < 4.78 is 14.1. The first kappa shape index (κ1) is 18.3. The van der Waals surface area contributed by atoms with Crippen LogP contribution >= 0.6 is 11.6 Å². The van der Waals surface area contributed by atoms with Gasteiger partial charge in [-0.3, -0.25) is 0 Å². The Labute approximate surface area is 155 Å². The van der Waals surface area contributed by atoms with Gasteiger partial charge in [0.15, 0.2) is 5.82 Å². The van der Waals surface area contributed by atoms with E-state index in [4.69, 9.17) is 21.1 Å². The zero-order valence-electron chi connectivity index (χ0n) is 14.9. The zero-order valence-corrected chi connectivity index (χ0v) is 15.6. The number of nitrogens with zero attached hydrogens (tertiary/aromatic N) is 7. The van der Waals surface area contributed by atoms with E-state index < -0.39 is 0 Å². The maximum Gasteiger partial charge on any atom is 0.153 e. The Morgan fingerprint density at radius 2 is 2.04 bits per heavy atom. The molecular weight excluding hydrogens is 358 g/mol. The predicted octanol–water partition coefficient (Wildman–Crippen LogP) is 1.66. The van der Waals surface area contributed by atoms with Crippen LogP contribution in [-0.2, 0) is 24.1 Å². The summed E-state index contributed by atoms with van der Waals surface area (Å²) in [5.74, 6) is 2.87. The van der Waals surface area contributed by atoms with Gasteiger partial charge in [0.05, 0.1) is 20.3 Å². The number of aromatic nitrogens is 7. The summed E-state index contributed by atoms with van der Waals surface area (Å²) in [7, 11) is 3.26. The zero-order chi connectivity index (χ0) is 18.5. The number of hydrogen-bond acceptors (Lipinski definition) is 7. The number of aryl methyl sites for hydroxylation is 3. The van der Waals surface area contributed by atoms with Gasteiger partial charge in [-0.25, -0.2) is 14.3 Å². The second-order valence-electron chi connectivity index (χ2n) is 5.61. The van der Waals surface area contributed by atoms with Gasteiger partial charge in [0.25, 0.3) is 0 Å². The quantitative estimate of drug-likeness (QED) is 0.589. The smallest absolute Gasteiger partial charge is 0.153 e. The normalized spacial score (nSPS) is 11.1. The Hall–Kier alpha value is -2.52. The lowest BCUT2D eigenvalue weighted by Crippen LogP contribution is -2.11. The first-order chi connectivity index (χ1) is 12.6. The number of tetrazole rings is 1. The van der Waals surface area contributed by atoms with Crippen LogP contribution < -0.4 is 4.74 Å². The van der Waals surface area contributed by atoms with E-state index in [-0.39, 0.29) is 0 Å². The molecule has 0 radical (unpaired) electrons. The first-order valence-corrected chi connectivity index (χ1v) is 8.50. The molecule has 3 rings (SSSR count). The standard InChI is InChI=1S/C16H20ClN7O2/c1-11-19-21-22-23(11)8-6-16-18-15(7-9-25-2)20-24(16)13-10-12(17)4-5-14(13)26-3/h4-5,10H,6-9H2,1-3H3. The van der Waals surface area contributed by atoms with Crippen LogP contribution in [0.3, 0.4) is 0 Å². The van der Waals surface area contributed by atoms with Crippen molar-refractivity contribution in [1.29, 1.82) is 0 Å². The monoisotopic (exact) mass is 377 g/mol. The minimum absolute atomic E-state index is 0.544. The Morgan fingerprint density at radius 3 is 2.73 bits per heavy atom. The predicted molar refractivity (Wildman–Crippen MR) is 94.8 cm³/mol. The van der Waals surface area contributed by atoms with Crippen LogP contribution in [0.5, 0.6) is 5.75 Å². The number of rotatable bonds is 8. The Bertz CT molecular complexity index is 877. The molecule has 0 aliphatic heterocycles. The molecule has 0 aliphatic carbocycles. The summed E-state index contributed by atoms with van der Waals surface area (Å²) in [6, 6.07) is 5.39. The molecule has 0 unspecified atom stereocenters. The van der Waals surface area contributed by atoms with E-state index in [0.717, 1.165) is 17.3 Å². The van der Waals surface area contributed by atoms with Crippen molar-refractivity contribution in [1.82, 2.24) is 35.0 Å². The molecule has 0 saturated heterocycles. The van der Waals surface area contributed by atoms with Crippen LogP contribution in [0.25, 0.3) is 5.69 Å². The number of benzene rings is 1. The minimum atomic E-state index is 0.544. The Balaban J connectivity index is 1.95. The molecular formula is C16H20ClN7O2. The SMILES string of the molecule is COCCc1nc(CCn2nnnc2C)n(-c2cc(Cl)ccc2OC)n1. The molecule has 0 spiro atoms. The summed E-state index contributed by atoms with van der Waals surface area (Å²) in [6.45, 7) is 2.99. The van der Waals surface area contributed by atoms with Gasteiger partial charge in [-0.15, -0.1) is 5.10 Å². The van der Waals surface area contributed by atoms with Crippen molar-refractivity contribution in [2.24, 2.45) is 0 Å². The second-order valence-corrected chi connectivity index (χ2v) is 6.05. The molecule has 2 heterocycles. The van der Waals surface area contributed by atoms with E-state index in [1.165, 1.54) is 0 Å². The van der Waals surface area contributed by atoms with Crippen molar-refractivity contribution in [3.05, 3.63) is 40.7 Å². The van der Waals surface area contributed by atoms with Crippen molar-refractivity contribution in [2.75, 3.05) is 20.8 Å². The third-order valence-electron chi connectivity index (χ3n) is 3.88. The summed E-state index contributed by atoms with van der Waals surface area (Å²) in [4.78, 5) is 4.65. The maximum absolute atomic E-state index is 6.18. The molecule has 0 N–H and O–H groups in total. The molecule has 9 nitrogen and oxygen atoms in total. The highest BCUT2D eigenvalue weighted by Gasteiger charge is 2.16. The average molecular weight is 378 g/mol. The fraction of sp³-hybridized carbons (Fsp3) is 0.438. The van der Waals surface area contributed by atoms with Gasteiger partial charge in [-0.05, 0) is 35.5 Å². The van der Waals surface area contributed by atoms with Crippen LogP contribution in [0.1, 0.15) is 17.5 Å². The van der Waals surface area contributed by atoms with Gasteiger partial charge >= 0.3 is 0 Å². The second kappa shape index (κ2) is 8.24. The molecule has 2 aromatic heterocycles. The van der Waals surface area contributed by atoms with Gasteiger partial charge < -0.3 is 9.47 Å². The lowest BCUT2D eigenvalue weighted by Gasteiger charge is -2.11. The van der Waals surface area contributed by atoms with Gasteiger partial charge in [-0.1, -0.05) is 11.6 Å². The largest absolute Gasteiger partial charge is 0.494 e. The van der Waals surface area contributed by atoms with Crippen molar-refractivity contribution in [3.63, 3.8) is 0 Å². The molecule has 10 heteroatoms. The van der Waals surface area contributed by atoms with E-state index in [1.807, 2.05) is 13.0 Å². The van der Waals surface area contributed by atoms with E-state index in [9.17, 15) is 0 Å². The van der Waals surface area contributed by atoms with Crippen LogP contribution in [-0.4, -0.2) is 55.8 Å². The summed E-state index contributed by atoms with van der Waals surface area (Å²) in [5.41, 5.74) is 0.736. The van der Waals surface area contributed by atoms with Crippen LogP contribution in [0.15, 0.2) is 18.2 Å². The van der Waals surface area contributed by atoms with Gasteiger partial charge in [0.2, 0.25) is 0 Å². The highest BCUT2D eigenvalue weighted by atomic mass is 35.5. The minimum Gasteiger partial charge on any atom is -0.494 e. The fourth-order valence-electron chi connectivity index (χ4n) is 2.54. The molecule has 0 atom stereocenters. The third-order valence-corrected chi connectivity index (χ3v) is 4.11. The number of halogens is 1. The van der Waals surface area contributed by atoms with Crippen LogP contribution in [0, 0.1) is 6.92 Å². The van der Waals surface area contributed by atoms with Crippen LogP contribution in [0.4, 0.5) is 0 Å². The van der Waals surface area contributed by atoms with E-state index >= 15 is 0 Å². The molecule has 0 aliphatic rings. The first-order valence-electron chi connectivity index (χ1n) is 8.12. The van der Waals surface area contributed by atoms with Gasteiger partial charge in [0, 0.05) is 25.0 Å². The molecule has 0 saturated carbocycles. The van der Waals surface area contributed by atoms with Gasteiger partial charge in [-0.2, -0.15) is 5.10 Å². The molecule has 1 aromatic carbocycles. The molecule has 138 valence electrons. The Kier molecular flexibility index (Phi) is 5.79. The molecule has 0 bridgehead atoms. The summed E-state index contributed by atoms with van der Waals surface area (Å²) >= 11 is 6.18. The molecule has 0 amide bonds. The lowest BCUT2D eigenvalue weighted by atomic mass is 10.3. The molecule has 0 fully saturated rings. The van der Waals surface area contributed by atoms with E-state index in [2.05, 4.69) is 25.6 Å². The summed E-state index contributed by atoms with van der Waals surface area (Å²) in [5, 5.41) is 16.7. The summed E-state index contributed by atoms with van der Waals surface area (Å²) in [6.07, 6.45) is 1.21. The van der Waals surface area contributed by atoms with Gasteiger partial charge in [0.1, 0.15) is 23.1 Å². The van der Waals surface area contributed by atoms with E-state index in [0.29, 0.717) is 42.6 Å². The average Bonchev–Trinajstić information content (AvgIpc) is 3.24. The topological polar surface area (TPSA) is 92.8 Å². The number of methoxy groups -OCH3 is 2.